The first kappa shape index (κ1) is 16.7. The van der Waals surface area contributed by atoms with Crippen molar-refractivity contribution in [2.45, 2.75) is 26.2 Å². The highest BCUT2D eigenvalue weighted by atomic mass is 79.9. The van der Waals surface area contributed by atoms with E-state index < -0.39 is 0 Å². The third-order valence-electron chi connectivity index (χ3n) is 3.88. The number of hydrogen-bond acceptors (Lipinski definition) is 6. The van der Waals surface area contributed by atoms with E-state index in [0.29, 0.717) is 17.2 Å². The molecule has 0 saturated carbocycles. The summed E-state index contributed by atoms with van der Waals surface area (Å²) < 4.78 is 0.881. The predicted molar refractivity (Wildman–Crippen MR) is 99.9 cm³/mol. The number of piperidine rings is 1. The summed E-state index contributed by atoms with van der Waals surface area (Å²) in [6, 6.07) is 7.11. The molecule has 0 unspecified atom stereocenters. The highest BCUT2D eigenvalue weighted by molar-refractivity contribution is 9.10. The average molecular weight is 390 g/mol. The van der Waals surface area contributed by atoms with E-state index in [9.17, 15) is 5.11 Å². The Balaban J connectivity index is 1.73. The summed E-state index contributed by atoms with van der Waals surface area (Å²) in [5.41, 5.74) is 3.55. The molecule has 0 bridgehead atoms. The number of nitrogens with one attached hydrogen (secondary N) is 1. The number of rotatable bonds is 4. The van der Waals surface area contributed by atoms with Gasteiger partial charge in [-0.05, 0) is 44.4 Å². The van der Waals surface area contributed by atoms with Crippen LogP contribution in [0.4, 0.5) is 11.6 Å². The van der Waals surface area contributed by atoms with Gasteiger partial charge >= 0.3 is 0 Å². The Bertz CT molecular complexity index is 744. The Hall–Kier alpha value is -2.15. The first-order valence-electron chi connectivity index (χ1n) is 8.00. The summed E-state index contributed by atoms with van der Waals surface area (Å²) in [5.74, 6) is 2.47. The van der Waals surface area contributed by atoms with Gasteiger partial charge in [0.2, 0.25) is 0 Å². The second-order valence-corrected chi connectivity index (χ2v) is 6.70. The van der Waals surface area contributed by atoms with E-state index in [0.717, 1.165) is 23.4 Å². The van der Waals surface area contributed by atoms with Crippen LogP contribution in [0.15, 0.2) is 33.8 Å². The van der Waals surface area contributed by atoms with Gasteiger partial charge in [0.05, 0.1) is 6.21 Å². The topological polar surface area (TPSA) is 73.6 Å². The molecule has 1 aromatic carbocycles. The second kappa shape index (κ2) is 7.61. The van der Waals surface area contributed by atoms with Crippen molar-refractivity contribution in [2.24, 2.45) is 5.10 Å². The minimum Gasteiger partial charge on any atom is -0.507 e. The Morgan fingerprint density at radius 1 is 1.21 bits per heavy atom. The van der Waals surface area contributed by atoms with Gasteiger partial charge in [0.25, 0.3) is 0 Å². The van der Waals surface area contributed by atoms with E-state index >= 15 is 0 Å². The van der Waals surface area contributed by atoms with Crippen molar-refractivity contribution < 1.29 is 5.11 Å². The average Bonchev–Trinajstić information content (AvgIpc) is 2.58. The van der Waals surface area contributed by atoms with E-state index in [-0.39, 0.29) is 5.75 Å². The van der Waals surface area contributed by atoms with Gasteiger partial charge in [-0.1, -0.05) is 15.9 Å². The van der Waals surface area contributed by atoms with Crippen LogP contribution in [0.2, 0.25) is 0 Å². The quantitative estimate of drug-likeness (QED) is 0.615. The van der Waals surface area contributed by atoms with Gasteiger partial charge in [-0.15, -0.1) is 0 Å². The number of aromatic nitrogens is 2. The zero-order chi connectivity index (χ0) is 16.9. The molecule has 6 nitrogen and oxygen atoms in total. The number of hydrazone groups is 1. The van der Waals surface area contributed by atoms with Crippen LogP contribution >= 0.6 is 15.9 Å². The standard InChI is InChI=1S/C17H20BrN5O/c1-12-20-16(10-17(21-12)23-7-3-2-4-8-23)22-19-11-13-9-14(18)5-6-15(13)24/h5-6,9-11,24H,2-4,7-8H2,1H3,(H,20,21,22). The molecule has 0 amide bonds. The fourth-order valence-corrected chi connectivity index (χ4v) is 3.07. The maximum absolute atomic E-state index is 9.82. The Labute approximate surface area is 149 Å². The van der Waals surface area contributed by atoms with Crippen molar-refractivity contribution in [1.82, 2.24) is 9.97 Å². The van der Waals surface area contributed by atoms with Crippen LogP contribution in [0.25, 0.3) is 0 Å². The smallest absolute Gasteiger partial charge is 0.152 e. The molecule has 2 N–H and O–H groups in total. The first-order valence-corrected chi connectivity index (χ1v) is 8.79. The number of phenols is 1. The molecule has 1 aliphatic rings. The number of aryl methyl sites for hydroxylation is 1. The van der Waals surface area contributed by atoms with Gasteiger partial charge in [0.1, 0.15) is 17.4 Å². The van der Waals surface area contributed by atoms with Crippen LogP contribution in [-0.2, 0) is 0 Å². The maximum atomic E-state index is 9.82. The first-order chi connectivity index (χ1) is 11.6. The van der Waals surface area contributed by atoms with E-state index in [4.69, 9.17) is 0 Å². The molecule has 2 aromatic rings. The number of phenolic OH excluding ortho intramolecular Hbond substituents is 1. The zero-order valence-electron chi connectivity index (χ0n) is 13.5. The van der Waals surface area contributed by atoms with E-state index in [1.54, 1.807) is 24.4 Å². The largest absolute Gasteiger partial charge is 0.507 e. The summed E-state index contributed by atoms with van der Waals surface area (Å²) in [7, 11) is 0. The van der Waals surface area contributed by atoms with Gasteiger partial charge in [-0.25, -0.2) is 9.97 Å². The normalized spacial score (nSPS) is 15.0. The lowest BCUT2D eigenvalue weighted by atomic mass is 10.1. The maximum Gasteiger partial charge on any atom is 0.152 e. The Morgan fingerprint density at radius 2 is 2.00 bits per heavy atom. The van der Waals surface area contributed by atoms with Crippen LogP contribution in [0.5, 0.6) is 5.75 Å². The highest BCUT2D eigenvalue weighted by Crippen LogP contribution is 2.21. The molecule has 1 aromatic heterocycles. The van der Waals surface area contributed by atoms with Gasteiger partial charge < -0.3 is 10.0 Å². The van der Waals surface area contributed by atoms with Crippen molar-refractivity contribution >= 4 is 33.8 Å². The predicted octanol–water partition coefficient (Wildman–Crippen LogP) is 3.69. The molecule has 0 spiro atoms. The molecule has 0 aliphatic carbocycles. The van der Waals surface area contributed by atoms with Crippen molar-refractivity contribution in [1.29, 1.82) is 0 Å². The number of nitrogens with zero attached hydrogens (tertiary/aromatic N) is 4. The summed E-state index contributed by atoms with van der Waals surface area (Å²) >= 11 is 3.38. The molecule has 3 rings (SSSR count). The molecular weight excluding hydrogens is 370 g/mol. The molecule has 24 heavy (non-hydrogen) atoms. The van der Waals surface area contributed by atoms with Gasteiger partial charge in [-0.3, -0.25) is 5.43 Å². The Morgan fingerprint density at radius 3 is 2.79 bits per heavy atom. The summed E-state index contributed by atoms with van der Waals surface area (Å²) in [6.45, 7) is 3.94. The van der Waals surface area contributed by atoms with Crippen molar-refractivity contribution in [2.75, 3.05) is 23.4 Å². The van der Waals surface area contributed by atoms with Crippen molar-refractivity contribution in [3.63, 3.8) is 0 Å². The van der Waals surface area contributed by atoms with Gasteiger partial charge in [0.15, 0.2) is 5.82 Å². The number of hydrogen-bond donors (Lipinski definition) is 2. The van der Waals surface area contributed by atoms with E-state index in [2.05, 4.69) is 41.3 Å². The molecule has 1 fully saturated rings. The molecule has 1 aliphatic heterocycles. The zero-order valence-corrected chi connectivity index (χ0v) is 15.1. The second-order valence-electron chi connectivity index (χ2n) is 5.78. The van der Waals surface area contributed by atoms with E-state index in [1.165, 1.54) is 19.3 Å². The lowest BCUT2D eigenvalue weighted by molar-refractivity contribution is 0.474. The number of aromatic hydroxyl groups is 1. The van der Waals surface area contributed by atoms with Crippen LogP contribution < -0.4 is 10.3 Å². The summed E-state index contributed by atoms with van der Waals surface area (Å²) in [4.78, 5) is 11.2. The van der Waals surface area contributed by atoms with Gasteiger partial charge in [0, 0.05) is 29.2 Å². The lowest BCUT2D eigenvalue weighted by Gasteiger charge is -2.27. The third kappa shape index (κ3) is 4.23. The van der Waals surface area contributed by atoms with Crippen molar-refractivity contribution in [3.05, 3.63) is 40.1 Å². The van der Waals surface area contributed by atoms with Crippen LogP contribution in [0.3, 0.4) is 0 Å². The molecule has 2 heterocycles. The SMILES string of the molecule is Cc1nc(NN=Cc2cc(Br)ccc2O)cc(N2CCCCC2)n1. The van der Waals surface area contributed by atoms with Crippen LogP contribution in [0.1, 0.15) is 30.7 Å². The molecule has 126 valence electrons. The number of anilines is 2. The highest BCUT2D eigenvalue weighted by Gasteiger charge is 2.13. The minimum atomic E-state index is 0.177. The summed E-state index contributed by atoms with van der Waals surface area (Å²) in [6.07, 6.45) is 5.25. The van der Waals surface area contributed by atoms with Crippen LogP contribution in [0, 0.1) is 6.92 Å². The molecule has 0 atom stereocenters. The van der Waals surface area contributed by atoms with Crippen molar-refractivity contribution in [3.8, 4) is 5.75 Å². The van der Waals surface area contributed by atoms with E-state index in [1.807, 2.05) is 13.0 Å². The third-order valence-corrected chi connectivity index (χ3v) is 4.37. The molecular formula is C17H20BrN5O. The molecule has 7 heteroatoms. The lowest BCUT2D eigenvalue weighted by Crippen LogP contribution is -2.30. The fourth-order valence-electron chi connectivity index (χ4n) is 2.69. The fraction of sp³-hybridized carbons (Fsp3) is 0.353. The summed E-state index contributed by atoms with van der Waals surface area (Å²) in [5, 5.41) is 14.0. The molecule has 0 radical (unpaired) electrons. The monoisotopic (exact) mass is 389 g/mol. The minimum absolute atomic E-state index is 0.177. The Kier molecular flexibility index (Phi) is 5.30. The molecule has 1 saturated heterocycles. The number of benzene rings is 1. The number of halogens is 1. The van der Waals surface area contributed by atoms with Gasteiger partial charge in [-0.2, -0.15) is 5.10 Å². The van der Waals surface area contributed by atoms with Crippen LogP contribution in [-0.4, -0.2) is 34.4 Å².